The average Bonchev–Trinajstić information content (AvgIpc) is 2.22. The predicted molar refractivity (Wildman–Crippen MR) is 237 cm³/mol. The minimum absolute atomic E-state index is 0.00765. The summed E-state index contributed by atoms with van der Waals surface area (Å²) in [5, 5.41) is -0.979. The van der Waals surface area contributed by atoms with Gasteiger partial charge in [-0.2, -0.15) is 0 Å². The quantitative estimate of drug-likeness (QED) is 0.171. The lowest BCUT2D eigenvalue weighted by atomic mass is 9.87. The maximum Gasteiger partial charge on any atom is 0.137 e. The average molecular weight is 749 g/mol. The number of benzene rings is 9. The number of aromatic nitrogens is 1. The molecule has 0 aliphatic heterocycles. The third-order valence-electron chi connectivity index (χ3n) is 10.3. The van der Waals surface area contributed by atoms with Crippen LogP contribution in [0.3, 0.4) is 0 Å². The molecule has 0 saturated carbocycles. The molecule has 11 aromatic rings. The van der Waals surface area contributed by atoms with Crippen LogP contribution in [0.2, 0.25) is 0 Å². The molecule has 57 heavy (non-hydrogen) atoms. The Balaban J connectivity index is 1.16. The van der Waals surface area contributed by atoms with Crippen molar-refractivity contribution in [2.24, 2.45) is 0 Å². The molecule has 1 atom stereocenters. The van der Waals surface area contributed by atoms with E-state index < -0.39 is 184 Å². The van der Waals surface area contributed by atoms with Gasteiger partial charge in [0, 0.05) is 39.2 Å². The van der Waals surface area contributed by atoms with Crippen LogP contribution in [0.5, 0.6) is 0 Å². The van der Waals surface area contributed by atoms with E-state index in [0.717, 1.165) is 15.7 Å². The molecule has 9 aromatic carbocycles. The summed E-state index contributed by atoms with van der Waals surface area (Å²) in [6, 6.07) is 3.20. The van der Waals surface area contributed by atoms with Crippen LogP contribution in [-0.4, -0.2) is 4.57 Å². The largest absolute Gasteiger partial charge is 0.456 e. The van der Waals surface area contributed by atoms with Gasteiger partial charge in [0.15, 0.2) is 0 Å². The number of hydrogen-bond acceptors (Lipinski definition) is 1. The second-order valence-electron chi connectivity index (χ2n) is 13.4. The molecule has 0 spiro atoms. The Labute approximate surface area is 362 Å². The van der Waals surface area contributed by atoms with Crippen molar-refractivity contribution in [3.8, 4) is 50.2 Å². The van der Waals surface area contributed by atoms with Gasteiger partial charge in [0.1, 0.15) is 11.2 Å². The molecule has 1 unspecified atom stereocenters. The van der Waals surface area contributed by atoms with Crippen molar-refractivity contribution in [2.75, 3.05) is 0 Å². The molecule has 12 rings (SSSR count). The number of furan rings is 1. The van der Waals surface area contributed by atoms with Crippen LogP contribution in [0.4, 0.5) is 0 Å². The number of para-hydroxylation sites is 1. The third-order valence-corrected chi connectivity index (χ3v) is 10.3. The highest BCUT2D eigenvalue weighted by Gasteiger charge is 2.30. The van der Waals surface area contributed by atoms with E-state index in [-0.39, 0.29) is 55.2 Å². The highest BCUT2D eigenvalue weighted by Crippen LogP contribution is 2.50. The lowest BCUT2D eigenvalue weighted by molar-refractivity contribution is 0.668. The number of fused-ring (bicyclic) bond motifs is 9. The first-order valence-corrected chi connectivity index (χ1v) is 17.8. The summed E-state index contributed by atoms with van der Waals surface area (Å²) >= 11 is 0. The van der Waals surface area contributed by atoms with Crippen LogP contribution >= 0.6 is 0 Å². The van der Waals surface area contributed by atoms with Crippen molar-refractivity contribution in [1.29, 1.82) is 0 Å². The zero-order valence-electron chi connectivity index (χ0n) is 52.3. The molecule has 0 amide bonds. The van der Waals surface area contributed by atoms with E-state index in [9.17, 15) is 15.1 Å². The minimum atomic E-state index is -1.12. The summed E-state index contributed by atoms with van der Waals surface area (Å²) < 4.78 is 217. The Kier molecular flexibility index (Phi) is 3.69. The van der Waals surface area contributed by atoms with Gasteiger partial charge in [-0.1, -0.05) is 157 Å². The first kappa shape index (κ1) is 16.8. The van der Waals surface area contributed by atoms with Gasteiger partial charge in [-0.25, -0.2) is 0 Å². The minimum Gasteiger partial charge on any atom is -0.456 e. The summed E-state index contributed by atoms with van der Waals surface area (Å²) in [6.07, 6.45) is 0. The van der Waals surface area contributed by atoms with Gasteiger partial charge in [0.25, 0.3) is 0 Å². The van der Waals surface area contributed by atoms with E-state index in [1.807, 2.05) is 36.4 Å². The first-order valence-electron chi connectivity index (χ1n) is 29.3. The maximum absolute atomic E-state index is 9.98. The highest BCUT2D eigenvalue weighted by atomic mass is 16.3. The van der Waals surface area contributed by atoms with Crippen molar-refractivity contribution in [2.45, 2.75) is 5.92 Å². The molecule has 2 heteroatoms. The molecular formula is C55H35NO. The molecule has 0 saturated heterocycles. The van der Waals surface area contributed by atoms with Crippen molar-refractivity contribution >= 4 is 43.7 Å². The Morgan fingerprint density at radius 1 is 0.439 bits per heavy atom. The normalized spacial score (nSPS) is 19.1. The lowest BCUT2D eigenvalue weighted by Gasteiger charge is -2.16. The standard InChI is InChI=1S/C55H35NO/c1-3-13-35(14-4-1)37-17-11-18-40(31-37)54-45-21-8-7-19-43(45)48-32-38(25-28-46(48)54)39-26-30-51-49(33-39)44-20-9-10-23-50(44)56(51)41-27-29-47-53(34-41)57-52-24-12-22-42(55(47)52)36-15-5-2-6-16-36/h1-34,54H/i2D,5D,6D,7D,8D,9D,10D,12D,15D,16D,19D,20D,21D,22D,23D,24D,25D,26D,28D,30D,32D,33D,34D. The van der Waals surface area contributed by atoms with Gasteiger partial charge in [-0.15, -0.1) is 0 Å². The fourth-order valence-electron chi connectivity index (χ4n) is 7.84. The summed E-state index contributed by atoms with van der Waals surface area (Å²) in [7, 11) is 0. The van der Waals surface area contributed by atoms with Crippen molar-refractivity contribution in [3.63, 3.8) is 0 Å². The van der Waals surface area contributed by atoms with E-state index in [0.29, 0.717) is 5.56 Å². The summed E-state index contributed by atoms with van der Waals surface area (Å²) in [4.78, 5) is 0. The van der Waals surface area contributed by atoms with Gasteiger partial charge in [0.05, 0.1) is 42.6 Å². The summed E-state index contributed by atoms with van der Waals surface area (Å²) in [6.45, 7) is 0. The second kappa shape index (κ2) is 12.6. The van der Waals surface area contributed by atoms with Gasteiger partial charge < -0.3 is 8.98 Å². The highest BCUT2D eigenvalue weighted by molar-refractivity contribution is 6.14. The molecule has 0 radical (unpaired) electrons. The molecular weight excluding hydrogens is 691 g/mol. The van der Waals surface area contributed by atoms with Crippen LogP contribution in [0.1, 0.15) is 54.1 Å². The molecule has 2 aromatic heterocycles. The number of rotatable bonds is 5. The van der Waals surface area contributed by atoms with Crippen molar-refractivity contribution < 1.29 is 35.9 Å². The third kappa shape index (κ3) is 4.97. The fourth-order valence-corrected chi connectivity index (χ4v) is 7.84. The van der Waals surface area contributed by atoms with Gasteiger partial charge >= 0.3 is 0 Å². The molecule has 1 aliphatic carbocycles. The zero-order valence-corrected chi connectivity index (χ0v) is 29.3. The van der Waals surface area contributed by atoms with Crippen LogP contribution in [0.25, 0.3) is 93.9 Å². The predicted octanol–water partition coefficient (Wildman–Crippen LogP) is 14.8. The molecule has 0 bridgehead atoms. The van der Waals surface area contributed by atoms with Crippen LogP contribution in [0.15, 0.2) is 210 Å². The maximum atomic E-state index is 9.98. The van der Waals surface area contributed by atoms with Crippen LogP contribution < -0.4 is 0 Å². The van der Waals surface area contributed by atoms with Crippen LogP contribution in [-0.2, 0) is 0 Å². The fraction of sp³-hybridized carbons (Fsp3) is 0.0182. The van der Waals surface area contributed by atoms with E-state index in [1.54, 1.807) is 18.2 Å². The SMILES string of the molecule is [2H]c1c([2H])c([2H])c(-c2c([2H])c([2H])c([2H])c3oc4c([2H])c(-n5c6c([2H])c([2H])c([2H])c([2H])c6c6c([2H])c(-c7c([2H])c([2H])c8c(c7[2H])-c7c([2H])c([2H])c([2H])c([2H])c7C8c7cccc(-c8ccccc8)c7)c([2H])c([2H])c65)ccc4c23)c([2H])c1[2H]. The second-order valence-corrected chi connectivity index (χ2v) is 13.4. The van der Waals surface area contributed by atoms with Crippen molar-refractivity contribution in [1.82, 2.24) is 4.57 Å². The molecule has 2 nitrogen and oxygen atoms in total. The zero-order chi connectivity index (χ0) is 57.5. The molecule has 0 N–H and O–H groups in total. The summed E-state index contributed by atoms with van der Waals surface area (Å²) in [5.74, 6) is -1.12. The smallest absolute Gasteiger partial charge is 0.137 e. The number of nitrogens with zero attached hydrogens (tertiary/aromatic N) is 1. The van der Waals surface area contributed by atoms with E-state index in [2.05, 4.69) is 0 Å². The Hall–Kier alpha value is -7.42. The molecule has 1 aliphatic rings. The monoisotopic (exact) mass is 748 g/mol. The number of hydrogen-bond donors (Lipinski definition) is 0. The van der Waals surface area contributed by atoms with E-state index in [4.69, 9.17) is 20.9 Å². The Morgan fingerprint density at radius 2 is 1.19 bits per heavy atom. The lowest BCUT2D eigenvalue weighted by Crippen LogP contribution is -1.99. The Bertz CT molecular complexity index is 4670. The molecule has 0 fully saturated rings. The van der Waals surface area contributed by atoms with Gasteiger partial charge in [-0.3, -0.25) is 0 Å². The van der Waals surface area contributed by atoms with Gasteiger partial charge in [0.2, 0.25) is 0 Å². The molecule has 266 valence electrons. The summed E-state index contributed by atoms with van der Waals surface area (Å²) in [5.41, 5.74) is -2.13. The van der Waals surface area contributed by atoms with E-state index in [1.165, 1.54) is 12.1 Å². The topological polar surface area (TPSA) is 18.1 Å². The first-order chi connectivity index (χ1) is 37.9. The van der Waals surface area contributed by atoms with Crippen LogP contribution in [0, 0.1) is 0 Å². The molecule has 2 heterocycles. The van der Waals surface area contributed by atoms with Crippen molar-refractivity contribution in [3.05, 3.63) is 222 Å². The van der Waals surface area contributed by atoms with E-state index >= 15 is 0 Å². The van der Waals surface area contributed by atoms with Gasteiger partial charge in [-0.05, 0) is 104 Å². The Morgan fingerprint density at radius 3 is 2.12 bits per heavy atom.